The molecule has 0 spiro atoms. The van der Waals surface area contributed by atoms with Gasteiger partial charge in [-0.2, -0.15) is 0 Å². The van der Waals surface area contributed by atoms with Gasteiger partial charge in [0.15, 0.2) is 0 Å². The fourth-order valence-corrected chi connectivity index (χ4v) is 4.25. The summed E-state index contributed by atoms with van der Waals surface area (Å²) in [5.41, 5.74) is -2.32. The summed E-state index contributed by atoms with van der Waals surface area (Å²) in [5.74, 6) is -3.99. The van der Waals surface area contributed by atoms with Crippen LogP contribution in [0.4, 0.5) is 4.79 Å². The molecule has 31 heavy (non-hydrogen) atoms. The van der Waals surface area contributed by atoms with Gasteiger partial charge in [0.1, 0.15) is 17.2 Å². The average molecular weight is 442 g/mol. The van der Waals surface area contributed by atoms with Crippen molar-refractivity contribution in [2.24, 2.45) is 17.8 Å². The number of fused-ring (bicyclic) bond motifs is 1. The van der Waals surface area contributed by atoms with Gasteiger partial charge >= 0.3 is 24.0 Å². The van der Waals surface area contributed by atoms with Crippen LogP contribution in [0.25, 0.3) is 0 Å². The van der Waals surface area contributed by atoms with Crippen LogP contribution in [0.2, 0.25) is 0 Å². The first-order valence-corrected chi connectivity index (χ1v) is 9.94. The van der Waals surface area contributed by atoms with E-state index in [0.29, 0.717) is 6.42 Å². The number of nitrogens with one attached hydrogen (secondary N) is 2. The summed E-state index contributed by atoms with van der Waals surface area (Å²) in [7, 11) is 3.52. The first-order valence-electron chi connectivity index (χ1n) is 9.94. The zero-order chi connectivity index (χ0) is 23.6. The van der Waals surface area contributed by atoms with E-state index in [4.69, 9.17) is 9.47 Å². The average Bonchev–Trinajstić information content (AvgIpc) is 3.31. The van der Waals surface area contributed by atoms with Gasteiger partial charge in [0.25, 0.3) is 0 Å². The van der Waals surface area contributed by atoms with Crippen molar-refractivity contribution in [2.45, 2.75) is 57.2 Å². The summed E-state index contributed by atoms with van der Waals surface area (Å²) in [5, 5.41) is 5.11. The van der Waals surface area contributed by atoms with Crippen molar-refractivity contribution >= 4 is 29.9 Å². The van der Waals surface area contributed by atoms with Gasteiger partial charge in [-0.15, -0.1) is 0 Å². The highest BCUT2D eigenvalue weighted by molar-refractivity contribution is 5.96. The van der Waals surface area contributed by atoms with E-state index in [1.165, 1.54) is 7.11 Å². The Hall–Kier alpha value is -2.85. The molecule has 0 unspecified atom stereocenters. The summed E-state index contributed by atoms with van der Waals surface area (Å²) >= 11 is 0. The van der Waals surface area contributed by atoms with Gasteiger partial charge < -0.3 is 29.6 Å². The van der Waals surface area contributed by atoms with Crippen molar-refractivity contribution in [3.63, 3.8) is 0 Å². The summed E-state index contributed by atoms with van der Waals surface area (Å²) in [4.78, 5) is 61.8. The van der Waals surface area contributed by atoms with Crippen LogP contribution in [0, 0.1) is 17.8 Å². The molecule has 0 aromatic carbocycles. The second kappa shape index (κ2) is 9.11. The maximum atomic E-state index is 13.4. The number of carbonyl (C=O) groups is 5. The van der Waals surface area contributed by atoms with Crippen molar-refractivity contribution in [2.75, 3.05) is 21.3 Å². The molecule has 0 aromatic heterocycles. The van der Waals surface area contributed by atoms with Crippen molar-refractivity contribution in [1.82, 2.24) is 10.6 Å². The number of alkyl carbamates (subject to hydrolysis) is 1. The fourth-order valence-electron chi connectivity index (χ4n) is 4.25. The molecule has 2 fully saturated rings. The van der Waals surface area contributed by atoms with Crippen LogP contribution in [0.1, 0.15) is 40.0 Å². The second-order valence-corrected chi connectivity index (χ2v) is 8.70. The number of esters is 3. The Bertz CT molecular complexity index is 760. The molecule has 0 aliphatic heterocycles. The number of ether oxygens (including phenoxy) is 4. The standard InChI is InChI=1S/C20H30N2O9/c1-19(2,3)31-18(27)22-20(8-7-10-13(14(10)20)16(25)30-6)17(26)21-11(15(24)29-5)9-12(23)28-4/h10-11,13-14H,7-9H2,1-6H3,(H,21,26)(H,22,27)/t10-,11-,13-,14-,20-/m0/s1. The lowest BCUT2D eigenvalue weighted by Gasteiger charge is -2.34. The minimum absolute atomic E-state index is 0.148. The summed E-state index contributed by atoms with van der Waals surface area (Å²) in [6.45, 7) is 5.03. The Kier molecular flexibility index (Phi) is 7.17. The van der Waals surface area contributed by atoms with Crippen LogP contribution in [-0.4, -0.2) is 68.4 Å². The number of carbonyl (C=O) groups excluding carboxylic acids is 5. The lowest BCUT2D eigenvalue weighted by Crippen LogP contribution is -2.63. The van der Waals surface area contributed by atoms with Crippen LogP contribution in [0.3, 0.4) is 0 Å². The highest BCUT2D eigenvalue weighted by atomic mass is 16.6. The number of hydrogen-bond donors (Lipinski definition) is 2. The minimum atomic E-state index is -1.51. The molecule has 5 atom stereocenters. The topological polar surface area (TPSA) is 146 Å². The Labute approximate surface area is 180 Å². The van der Waals surface area contributed by atoms with E-state index in [9.17, 15) is 24.0 Å². The highest BCUT2D eigenvalue weighted by Gasteiger charge is 2.72. The van der Waals surface area contributed by atoms with Crippen molar-refractivity contribution in [3.8, 4) is 0 Å². The van der Waals surface area contributed by atoms with E-state index >= 15 is 0 Å². The molecule has 2 N–H and O–H groups in total. The van der Waals surface area contributed by atoms with E-state index in [-0.39, 0.29) is 12.3 Å². The molecule has 0 heterocycles. The molecular formula is C20H30N2O9. The zero-order valence-electron chi connectivity index (χ0n) is 18.6. The highest BCUT2D eigenvalue weighted by Crippen LogP contribution is 2.62. The molecule has 11 heteroatoms. The molecule has 2 amide bonds. The number of hydrogen-bond acceptors (Lipinski definition) is 9. The van der Waals surface area contributed by atoms with Gasteiger partial charge in [-0.3, -0.25) is 14.4 Å². The summed E-state index contributed by atoms with van der Waals surface area (Å²) < 4.78 is 19.4. The van der Waals surface area contributed by atoms with E-state index in [1.54, 1.807) is 20.8 Å². The first-order chi connectivity index (χ1) is 14.4. The Morgan fingerprint density at radius 3 is 2.19 bits per heavy atom. The third-order valence-corrected chi connectivity index (χ3v) is 5.60. The van der Waals surface area contributed by atoms with Crippen molar-refractivity contribution in [1.29, 1.82) is 0 Å². The maximum absolute atomic E-state index is 13.4. The monoisotopic (exact) mass is 442 g/mol. The number of rotatable bonds is 7. The smallest absolute Gasteiger partial charge is 0.408 e. The van der Waals surface area contributed by atoms with Crippen molar-refractivity contribution in [3.05, 3.63) is 0 Å². The van der Waals surface area contributed by atoms with E-state index in [2.05, 4.69) is 20.1 Å². The fraction of sp³-hybridized carbons (Fsp3) is 0.750. The lowest BCUT2D eigenvalue weighted by atomic mass is 9.88. The largest absolute Gasteiger partial charge is 0.469 e. The number of methoxy groups -OCH3 is 3. The normalized spacial score (nSPS) is 27.2. The summed E-state index contributed by atoms with van der Waals surface area (Å²) in [6, 6.07) is -1.32. The molecular weight excluding hydrogens is 412 g/mol. The predicted octanol–water partition coefficient (Wildman–Crippen LogP) is 0.300. The first kappa shape index (κ1) is 24.4. The third kappa shape index (κ3) is 5.26. The molecule has 0 aromatic rings. The number of amides is 2. The van der Waals surface area contributed by atoms with Gasteiger partial charge in [0.05, 0.1) is 33.7 Å². The molecule has 2 saturated carbocycles. The molecule has 0 radical (unpaired) electrons. The molecule has 2 rings (SSSR count). The van der Waals surface area contributed by atoms with Crippen molar-refractivity contribution < 1.29 is 42.9 Å². The second-order valence-electron chi connectivity index (χ2n) is 8.70. The maximum Gasteiger partial charge on any atom is 0.408 e. The van der Waals surface area contributed by atoms with E-state index in [1.807, 2.05) is 0 Å². The Balaban J connectivity index is 2.30. The molecule has 0 saturated heterocycles. The molecule has 0 bridgehead atoms. The van der Waals surface area contributed by atoms with Gasteiger partial charge in [-0.25, -0.2) is 9.59 Å². The van der Waals surface area contributed by atoms with Crippen LogP contribution >= 0.6 is 0 Å². The summed E-state index contributed by atoms with van der Waals surface area (Å²) in [6.07, 6.45) is -0.562. The SMILES string of the molecule is COC(=O)C[C@H](NC(=O)[C@]1(NC(=O)OC(C)(C)C)CC[C@H]2[C@H](C(=O)OC)[C@H]21)C(=O)OC. The quantitative estimate of drug-likeness (QED) is 0.420. The zero-order valence-corrected chi connectivity index (χ0v) is 18.6. The van der Waals surface area contributed by atoms with Gasteiger partial charge in [0.2, 0.25) is 5.91 Å². The van der Waals surface area contributed by atoms with Gasteiger partial charge in [0, 0.05) is 5.92 Å². The van der Waals surface area contributed by atoms with Gasteiger partial charge in [-0.1, -0.05) is 0 Å². The molecule has 2 aliphatic carbocycles. The van der Waals surface area contributed by atoms with E-state index < -0.39 is 65.3 Å². The van der Waals surface area contributed by atoms with E-state index in [0.717, 1.165) is 14.2 Å². The molecule has 2 aliphatic rings. The molecule has 11 nitrogen and oxygen atoms in total. The van der Waals surface area contributed by atoms with Gasteiger partial charge in [-0.05, 0) is 39.5 Å². The lowest BCUT2D eigenvalue weighted by molar-refractivity contribution is -0.151. The van der Waals surface area contributed by atoms with Crippen LogP contribution in [0.5, 0.6) is 0 Å². The van der Waals surface area contributed by atoms with Crippen LogP contribution in [0.15, 0.2) is 0 Å². The van der Waals surface area contributed by atoms with Crippen LogP contribution in [-0.2, 0) is 38.1 Å². The third-order valence-electron chi connectivity index (χ3n) is 5.60. The predicted molar refractivity (Wildman–Crippen MR) is 104 cm³/mol. The molecule has 174 valence electrons. The Morgan fingerprint density at radius 1 is 1.03 bits per heavy atom. The Morgan fingerprint density at radius 2 is 1.68 bits per heavy atom. The minimum Gasteiger partial charge on any atom is -0.469 e. The van der Waals surface area contributed by atoms with Crippen LogP contribution < -0.4 is 10.6 Å².